The lowest BCUT2D eigenvalue weighted by molar-refractivity contribution is 0.321. The smallest absolute Gasteiger partial charge is 0.191 e. The summed E-state index contributed by atoms with van der Waals surface area (Å²) in [4.78, 5) is 4.49. The van der Waals surface area contributed by atoms with E-state index in [0.717, 1.165) is 30.5 Å². The number of aliphatic imine (C=N–C) groups is 1. The summed E-state index contributed by atoms with van der Waals surface area (Å²) in [6.07, 6.45) is 2.60. The van der Waals surface area contributed by atoms with Crippen LogP contribution in [0, 0.1) is 11.7 Å². The lowest BCUT2D eigenvalue weighted by Crippen LogP contribution is -2.38. The predicted molar refractivity (Wildman–Crippen MR) is 98.5 cm³/mol. The van der Waals surface area contributed by atoms with Crippen LogP contribution in [-0.4, -0.2) is 25.7 Å². The van der Waals surface area contributed by atoms with Gasteiger partial charge in [-0.1, -0.05) is 6.07 Å². The summed E-state index contributed by atoms with van der Waals surface area (Å²) in [7, 11) is 0. The molecule has 1 aromatic rings. The second-order valence-electron chi connectivity index (χ2n) is 5.22. The van der Waals surface area contributed by atoms with E-state index < -0.39 is 0 Å². The molecule has 0 unspecified atom stereocenters. The average molecular weight is 421 g/mol. The van der Waals surface area contributed by atoms with Gasteiger partial charge in [-0.15, -0.1) is 24.0 Å². The van der Waals surface area contributed by atoms with E-state index in [2.05, 4.69) is 15.6 Å². The molecule has 0 atom stereocenters. The number of benzene rings is 1. The maximum atomic E-state index is 13.8. The summed E-state index contributed by atoms with van der Waals surface area (Å²) in [5, 5.41) is 6.52. The molecule has 124 valence electrons. The number of hydrogen-bond acceptors (Lipinski definition) is 2. The molecule has 0 spiro atoms. The quantitative estimate of drug-likeness (QED) is 0.404. The fourth-order valence-corrected chi connectivity index (χ4v) is 1.99. The molecular formula is C16H25FIN3O. The number of nitrogens with zero attached hydrogens (tertiary/aromatic N) is 1. The van der Waals surface area contributed by atoms with E-state index in [1.165, 1.54) is 18.9 Å². The van der Waals surface area contributed by atoms with Gasteiger partial charge in [-0.3, -0.25) is 0 Å². The normalized spacial score (nSPS) is 14.2. The molecule has 22 heavy (non-hydrogen) atoms. The van der Waals surface area contributed by atoms with Gasteiger partial charge in [0, 0.05) is 13.1 Å². The van der Waals surface area contributed by atoms with E-state index in [0.29, 0.717) is 18.9 Å². The maximum absolute atomic E-state index is 13.8. The van der Waals surface area contributed by atoms with Crippen LogP contribution in [0.15, 0.2) is 23.2 Å². The highest BCUT2D eigenvalue weighted by Gasteiger charge is 2.21. The molecule has 1 aromatic carbocycles. The Balaban J connectivity index is 0.00000242. The zero-order chi connectivity index (χ0) is 15.1. The molecule has 1 aliphatic carbocycles. The van der Waals surface area contributed by atoms with Gasteiger partial charge in [0.15, 0.2) is 17.5 Å². The third kappa shape index (κ3) is 6.37. The number of guanidine groups is 1. The molecule has 0 radical (unpaired) electrons. The Morgan fingerprint density at radius 2 is 2.09 bits per heavy atom. The van der Waals surface area contributed by atoms with Crippen molar-refractivity contribution in [2.75, 3.05) is 19.7 Å². The van der Waals surface area contributed by atoms with E-state index in [1.807, 2.05) is 19.9 Å². The first-order valence-corrected chi connectivity index (χ1v) is 7.66. The van der Waals surface area contributed by atoms with Crippen LogP contribution in [0.2, 0.25) is 0 Å². The van der Waals surface area contributed by atoms with Gasteiger partial charge in [0.2, 0.25) is 0 Å². The van der Waals surface area contributed by atoms with Crippen LogP contribution in [0.4, 0.5) is 4.39 Å². The number of hydrogen-bond donors (Lipinski definition) is 2. The van der Waals surface area contributed by atoms with Crippen molar-refractivity contribution >= 4 is 29.9 Å². The molecule has 4 nitrogen and oxygen atoms in total. The molecule has 0 bridgehead atoms. The minimum Gasteiger partial charge on any atom is -0.491 e. The summed E-state index contributed by atoms with van der Waals surface area (Å²) in [5.74, 6) is 1.54. The van der Waals surface area contributed by atoms with Gasteiger partial charge in [-0.25, -0.2) is 9.38 Å². The van der Waals surface area contributed by atoms with E-state index in [1.54, 1.807) is 6.07 Å². The molecule has 0 saturated heterocycles. The Labute approximate surface area is 148 Å². The molecule has 2 rings (SSSR count). The van der Waals surface area contributed by atoms with Crippen LogP contribution in [0.1, 0.15) is 32.3 Å². The van der Waals surface area contributed by atoms with Crippen LogP contribution >= 0.6 is 24.0 Å². The van der Waals surface area contributed by atoms with E-state index >= 15 is 0 Å². The molecular weight excluding hydrogens is 396 g/mol. The molecule has 1 saturated carbocycles. The predicted octanol–water partition coefficient (Wildman–Crippen LogP) is 3.31. The SMILES string of the molecule is CCNC(=NCc1ccc(OCC)c(F)c1)NCC1CC1.I. The van der Waals surface area contributed by atoms with Crippen molar-refractivity contribution in [3.63, 3.8) is 0 Å². The molecule has 0 amide bonds. The zero-order valence-electron chi connectivity index (χ0n) is 13.2. The first kappa shape index (κ1) is 19.0. The van der Waals surface area contributed by atoms with Crippen molar-refractivity contribution in [1.82, 2.24) is 10.6 Å². The first-order valence-electron chi connectivity index (χ1n) is 7.66. The Hall–Kier alpha value is -1.05. The van der Waals surface area contributed by atoms with Crippen molar-refractivity contribution in [3.8, 4) is 5.75 Å². The van der Waals surface area contributed by atoms with E-state index in [-0.39, 0.29) is 29.8 Å². The van der Waals surface area contributed by atoms with Gasteiger partial charge in [0.05, 0.1) is 13.2 Å². The standard InChI is InChI=1S/C16H24FN3O.HI/c1-3-18-16(19-10-12-5-6-12)20-11-13-7-8-15(21-4-2)14(17)9-13;/h7-9,12H,3-6,10-11H2,1-2H3,(H2,18,19,20);1H. The van der Waals surface area contributed by atoms with Gasteiger partial charge < -0.3 is 15.4 Å². The highest BCUT2D eigenvalue weighted by Crippen LogP contribution is 2.27. The number of ether oxygens (including phenoxy) is 1. The highest BCUT2D eigenvalue weighted by molar-refractivity contribution is 14.0. The van der Waals surface area contributed by atoms with Crippen LogP contribution < -0.4 is 15.4 Å². The van der Waals surface area contributed by atoms with E-state index in [4.69, 9.17) is 4.74 Å². The second-order valence-corrected chi connectivity index (χ2v) is 5.22. The summed E-state index contributed by atoms with van der Waals surface area (Å²) >= 11 is 0. The van der Waals surface area contributed by atoms with Gasteiger partial charge in [0.1, 0.15) is 0 Å². The minimum absolute atomic E-state index is 0. The van der Waals surface area contributed by atoms with Crippen LogP contribution in [0.3, 0.4) is 0 Å². The fraction of sp³-hybridized carbons (Fsp3) is 0.562. The zero-order valence-corrected chi connectivity index (χ0v) is 15.5. The summed E-state index contributed by atoms with van der Waals surface area (Å²) < 4.78 is 19.0. The largest absolute Gasteiger partial charge is 0.491 e. The van der Waals surface area contributed by atoms with Crippen LogP contribution in [0.5, 0.6) is 5.75 Å². The monoisotopic (exact) mass is 421 g/mol. The third-order valence-corrected chi connectivity index (χ3v) is 3.32. The number of nitrogens with one attached hydrogen (secondary N) is 2. The van der Waals surface area contributed by atoms with E-state index in [9.17, 15) is 4.39 Å². The van der Waals surface area contributed by atoms with Crippen LogP contribution in [-0.2, 0) is 6.54 Å². The van der Waals surface area contributed by atoms with Crippen molar-refractivity contribution in [1.29, 1.82) is 0 Å². The minimum atomic E-state index is -0.333. The molecule has 0 aliphatic heterocycles. The summed E-state index contributed by atoms with van der Waals surface area (Å²) in [5.41, 5.74) is 0.833. The summed E-state index contributed by atoms with van der Waals surface area (Å²) in [6, 6.07) is 5.00. The first-order chi connectivity index (χ1) is 10.2. The molecule has 0 aromatic heterocycles. The highest BCUT2D eigenvalue weighted by atomic mass is 127. The van der Waals surface area contributed by atoms with Gasteiger partial charge >= 0.3 is 0 Å². The van der Waals surface area contributed by atoms with Gasteiger partial charge in [0.25, 0.3) is 0 Å². The molecule has 0 heterocycles. The molecule has 1 fully saturated rings. The Morgan fingerprint density at radius 1 is 1.32 bits per heavy atom. The lowest BCUT2D eigenvalue weighted by atomic mass is 10.2. The number of halogens is 2. The molecule has 2 N–H and O–H groups in total. The van der Waals surface area contributed by atoms with Gasteiger partial charge in [-0.05, 0) is 50.3 Å². The maximum Gasteiger partial charge on any atom is 0.191 e. The van der Waals surface area contributed by atoms with Crippen LogP contribution in [0.25, 0.3) is 0 Å². The molecule has 6 heteroatoms. The lowest BCUT2D eigenvalue weighted by Gasteiger charge is -2.11. The van der Waals surface area contributed by atoms with Crippen molar-refractivity contribution in [2.45, 2.75) is 33.2 Å². The Bertz CT molecular complexity index is 492. The van der Waals surface area contributed by atoms with Crippen molar-refractivity contribution in [2.24, 2.45) is 10.9 Å². The van der Waals surface area contributed by atoms with Gasteiger partial charge in [-0.2, -0.15) is 0 Å². The Morgan fingerprint density at radius 3 is 2.68 bits per heavy atom. The molecule has 1 aliphatic rings. The van der Waals surface area contributed by atoms with Crippen molar-refractivity contribution in [3.05, 3.63) is 29.6 Å². The number of rotatable bonds is 7. The Kier molecular flexibility index (Phi) is 8.52. The summed E-state index contributed by atoms with van der Waals surface area (Å²) in [6.45, 7) is 6.56. The van der Waals surface area contributed by atoms with Crippen molar-refractivity contribution < 1.29 is 9.13 Å². The fourth-order valence-electron chi connectivity index (χ4n) is 1.99. The third-order valence-electron chi connectivity index (χ3n) is 3.32. The second kappa shape index (κ2) is 9.86. The average Bonchev–Trinajstić information content (AvgIpc) is 3.29. The topological polar surface area (TPSA) is 45.7 Å².